The second kappa shape index (κ2) is 4.48. The topological polar surface area (TPSA) is 89.7 Å². The summed E-state index contributed by atoms with van der Waals surface area (Å²) in [6, 6.07) is 1.08. The van der Waals surface area contributed by atoms with E-state index in [-0.39, 0.29) is 15.8 Å². The Bertz CT molecular complexity index is 471. The van der Waals surface area contributed by atoms with Crippen molar-refractivity contribution < 1.29 is 19.6 Å². The van der Waals surface area contributed by atoms with E-state index in [0.29, 0.717) is 0 Å². The monoisotopic (exact) mass is 289 g/mol. The number of carbonyl (C=O) groups is 1. The molecule has 1 rings (SSSR count). The van der Waals surface area contributed by atoms with Crippen molar-refractivity contribution in [2.75, 3.05) is 7.11 Å². The molecule has 1 N–H and O–H groups in total. The quantitative estimate of drug-likeness (QED) is 0.524. The van der Waals surface area contributed by atoms with Crippen LogP contribution in [0.25, 0.3) is 0 Å². The minimum absolute atomic E-state index is 0.0793. The highest BCUT2D eigenvalue weighted by Gasteiger charge is 2.26. The van der Waals surface area contributed by atoms with Crippen molar-refractivity contribution in [1.82, 2.24) is 0 Å². The van der Waals surface area contributed by atoms with Gasteiger partial charge in [0.2, 0.25) is 5.75 Å². The fraction of sp³-hybridized carbons (Fsp3) is 0.222. The molecule has 0 atom stereocenters. The molecule has 7 heteroatoms. The summed E-state index contributed by atoms with van der Waals surface area (Å²) in [5.74, 6) is -1.12. The van der Waals surface area contributed by atoms with Crippen LogP contribution in [0.5, 0.6) is 11.5 Å². The van der Waals surface area contributed by atoms with Gasteiger partial charge in [-0.15, -0.1) is 0 Å². The molecule has 0 aliphatic heterocycles. The number of nitro benzene ring substituents is 1. The summed E-state index contributed by atoms with van der Waals surface area (Å²) in [6.45, 7) is 1.19. The number of benzene rings is 1. The van der Waals surface area contributed by atoms with Gasteiger partial charge in [-0.25, -0.2) is 0 Å². The van der Waals surface area contributed by atoms with Crippen LogP contribution >= 0.6 is 15.9 Å². The lowest BCUT2D eigenvalue weighted by molar-refractivity contribution is -0.386. The fourth-order valence-electron chi connectivity index (χ4n) is 1.27. The van der Waals surface area contributed by atoms with Crippen LogP contribution in [0, 0.1) is 10.1 Å². The Balaban J connectivity index is 3.65. The maximum absolute atomic E-state index is 11.3. The van der Waals surface area contributed by atoms with Crippen molar-refractivity contribution >= 4 is 27.4 Å². The van der Waals surface area contributed by atoms with E-state index in [2.05, 4.69) is 15.9 Å². The summed E-state index contributed by atoms with van der Waals surface area (Å²) in [5, 5.41) is 20.2. The Hall–Kier alpha value is -1.63. The van der Waals surface area contributed by atoms with Crippen LogP contribution in [-0.2, 0) is 0 Å². The van der Waals surface area contributed by atoms with Crippen LogP contribution in [0.4, 0.5) is 5.69 Å². The smallest absolute Gasteiger partial charge is 0.312 e. The first-order valence-corrected chi connectivity index (χ1v) is 4.94. The van der Waals surface area contributed by atoms with Crippen LogP contribution in [0.15, 0.2) is 10.5 Å². The number of aromatic hydroxyl groups is 1. The van der Waals surface area contributed by atoms with E-state index in [9.17, 15) is 20.0 Å². The third kappa shape index (κ3) is 1.99. The molecule has 0 fully saturated rings. The summed E-state index contributed by atoms with van der Waals surface area (Å²) in [6.07, 6.45) is 0. The molecule has 0 heterocycles. The highest BCUT2D eigenvalue weighted by atomic mass is 79.9. The van der Waals surface area contributed by atoms with Gasteiger partial charge in [-0.3, -0.25) is 14.9 Å². The molecular formula is C9H8BrNO5. The Morgan fingerprint density at radius 1 is 1.62 bits per heavy atom. The first-order chi connectivity index (χ1) is 7.40. The second-order valence-electron chi connectivity index (χ2n) is 2.95. The molecule has 0 amide bonds. The number of nitrogens with zero attached hydrogens (tertiary/aromatic N) is 1. The number of phenols is 1. The van der Waals surface area contributed by atoms with E-state index in [4.69, 9.17) is 4.74 Å². The van der Waals surface area contributed by atoms with E-state index >= 15 is 0 Å². The number of phenolic OH excluding ortho intramolecular Hbond substituents is 1. The number of Topliss-reactive ketones (excluding diaryl/α,β-unsaturated/α-hetero) is 1. The van der Waals surface area contributed by atoms with Gasteiger partial charge in [0, 0.05) is 6.07 Å². The van der Waals surface area contributed by atoms with Crippen molar-refractivity contribution in [3.8, 4) is 11.5 Å². The van der Waals surface area contributed by atoms with Crippen LogP contribution in [0.3, 0.4) is 0 Å². The number of hydrogen-bond donors (Lipinski definition) is 1. The highest BCUT2D eigenvalue weighted by molar-refractivity contribution is 9.10. The molecule has 0 aliphatic rings. The molecule has 6 nitrogen and oxygen atoms in total. The number of hydrogen-bond acceptors (Lipinski definition) is 5. The maximum Gasteiger partial charge on any atom is 0.312 e. The zero-order valence-corrected chi connectivity index (χ0v) is 10.1. The number of methoxy groups -OCH3 is 1. The standard InChI is InChI=1S/C9H8BrNO5/c1-4(12)7-8(13)6(11(14)15)3-5(10)9(7)16-2/h3,13H,1-2H3. The van der Waals surface area contributed by atoms with Gasteiger partial charge >= 0.3 is 5.69 Å². The SMILES string of the molecule is COc1c(Br)cc([N+](=O)[O-])c(O)c1C(C)=O. The molecule has 0 bridgehead atoms. The van der Waals surface area contributed by atoms with Crippen molar-refractivity contribution in [1.29, 1.82) is 0 Å². The maximum atomic E-state index is 11.3. The van der Waals surface area contributed by atoms with E-state index in [1.165, 1.54) is 14.0 Å². The van der Waals surface area contributed by atoms with E-state index < -0.39 is 22.1 Å². The zero-order valence-electron chi connectivity index (χ0n) is 8.48. The number of halogens is 1. The Kier molecular flexibility index (Phi) is 3.48. The molecule has 0 aromatic heterocycles. The first-order valence-electron chi connectivity index (χ1n) is 4.15. The third-order valence-corrected chi connectivity index (χ3v) is 2.53. The van der Waals surface area contributed by atoms with Crippen molar-refractivity contribution in [3.05, 3.63) is 26.2 Å². The Morgan fingerprint density at radius 2 is 2.19 bits per heavy atom. The minimum Gasteiger partial charge on any atom is -0.501 e. The first kappa shape index (κ1) is 12.4. The van der Waals surface area contributed by atoms with Gasteiger partial charge < -0.3 is 9.84 Å². The Labute approximate surface area is 99.1 Å². The van der Waals surface area contributed by atoms with Crippen LogP contribution in [-0.4, -0.2) is 22.9 Å². The lowest BCUT2D eigenvalue weighted by atomic mass is 10.1. The molecule has 0 radical (unpaired) electrons. The molecule has 0 saturated heterocycles. The number of carbonyl (C=O) groups excluding carboxylic acids is 1. The molecule has 16 heavy (non-hydrogen) atoms. The van der Waals surface area contributed by atoms with E-state index in [0.717, 1.165) is 6.07 Å². The molecule has 1 aromatic rings. The average Bonchev–Trinajstić information content (AvgIpc) is 2.19. The van der Waals surface area contributed by atoms with Crippen LogP contribution in [0.1, 0.15) is 17.3 Å². The predicted molar refractivity (Wildman–Crippen MR) is 59.0 cm³/mol. The Morgan fingerprint density at radius 3 is 2.56 bits per heavy atom. The third-order valence-electron chi connectivity index (χ3n) is 1.94. The molecule has 0 spiro atoms. The summed E-state index contributed by atoms with van der Waals surface area (Å²) in [5.41, 5.74) is -0.749. The molecule has 0 saturated carbocycles. The second-order valence-corrected chi connectivity index (χ2v) is 3.80. The van der Waals surface area contributed by atoms with Gasteiger partial charge in [-0.05, 0) is 22.9 Å². The predicted octanol–water partition coefficient (Wildman–Crippen LogP) is 2.27. The van der Waals surface area contributed by atoms with Gasteiger partial charge in [0.25, 0.3) is 0 Å². The van der Waals surface area contributed by atoms with Gasteiger partial charge in [-0.2, -0.15) is 0 Å². The van der Waals surface area contributed by atoms with Gasteiger partial charge in [0.1, 0.15) is 11.3 Å². The number of ether oxygens (including phenoxy) is 1. The van der Waals surface area contributed by atoms with Crippen molar-refractivity contribution in [2.45, 2.75) is 6.92 Å². The zero-order chi connectivity index (χ0) is 12.5. The lowest BCUT2D eigenvalue weighted by Crippen LogP contribution is -2.02. The van der Waals surface area contributed by atoms with Gasteiger partial charge in [0.05, 0.1) is 16.5 Å². The summed E-state index contributed by atoms with van der Waals surface area (Å²) in [4.78, 5) is 21.1. The minimum atomic E-state index is -0.772. The van der Waals surface area contributed by atoms with Crippen molar-refractivity contribution in [3.63, 3.8) is 0 Å². The largest absolute Gasteiger partial charge is 0.501 e. The molecule has 0 unspecified atom stereocenters. The number of ketones is 1. The van der Waals surface area contributed by atoms with Crippen molar-refractivity contribution in [2.24, 2.45) is 0 Å². The van der Waals surface area contributed by atoms with E-state index in [1.54, 1.807) is 0 Å². The van der Waals surface area contributed by atoms with Crippen LogP contribution < -0.4 is 4.74 Å². The van der Waals surface area contributed by atoms with E-state index in [1.807, 2.05) is 0 Å². The molecule has 0 aliphatic carbocycles. The average molecular weight is 290 g/mol. The molecule has 1 aromatic carbocycles. The van der Waals surface area contributed by atoms with Gasteiger partial charge in [-0.1, -0.05) is 0 Å². The summed E-state index contributed by atoms with van der Waals surface area (Å²) < 4.78 is 5.14. The van der Waals surface area contributed by atoms with Crippen LogP contribution in [0.2, 0.25) is 0 Å². The molecule has 86 valence electrons. The molecular weight excluding hydrogens is 282 g/mol. The highest BCUT2D eigenvalue weighted by Crippen LogP contribution is 2.41. The lowest BCUT2D eigenvalue weighted by Gasteiger charge is -2.09. The number of nitro groups is 1. The summed E-state index contributed by atoms with van der Waals surface area (Å²) >= 11 is 3.04. The normalized spacial score (nSPS) is 9.94. The van der Waals surface area contributed by atoms with Gasteiger partial charge in [0.15, 0.2) is 5.78 Å². The fourth-order valence-corrected chi connectivity index (χ4v) is 1.85. The number of rotatable bonds is 3. The summed E-state index contributed by atoms with van der Waals surface area (Å²) in [7, 11) is 1.30.